The molecule has 0 heterocycles. The summed E-state index contributed by atoms with van der Waals surface area (Å²) in [5.41, 5.74) is 1.76. The van der Waals surface area contributed by atoms with Crippen molar-refractivity contribution in [1.82, 2.24) is 10.6 Å². The second-order valence-electron chi connectivity index (χ2n) is 6.05. The number of carbonyl (C=O) groups is 2. The van der Waals surface area contributed by atoms with E-state index in [1.807, 2.05) is 39.0 Å². The molecule has 6 heteroatoms. The average Bonchev–Trinajstić information content (AvgIpc) is 2.54. The summed E-state index contributed by atoms with van der Waals surface area (Å²) >= 11 is 6.00. The van der Waals surface area contributed by atoms with E-state index in [0.29, 0.717) is 16.3 Å². The number of rotatable bonds is 5. The van der Waals surface area contributed by atoms with Gasteiger partial charge in [-0.2, -0.15) is 0 Å². The molecule has 3 N–H and O–H groups in total. The third kappa shape index (κ3) is 5.50. The van der Waals surface area contributed by atoms with Gasteiger partial charge in [0.15, 0.2) is 0 Å². The molecule has 2 aromatic carbocycles. The summed E-state index contributed by atoms with van der Waals surface area (Å²) in [6.07, 6.45) is 0. The minimum atomic E-state index is -0.349. The molecule has 0 fully saturated rings. The van der Waals surface area contributed by atoms with Crippen molar-refractivity contribution in [2.75, 3.05) is 5.32 Å². The number of amides is 3. The predicted molar refractivity (Wildman–Crippen MR) is 101 cm³/mol. The molecule has 3 amide bonds. The molecule has 0 bridgehead atoms. The van der Waals surface area contributed by atoms with Crippen molar-refractivity contribution in [2.45, 2.75) is 32.9 Å². The zero-order chi connectivity index (χ0) is 18.4. The van der Waals surface area contributed by atoms with E-state index in [-0.39, 0.29) is 24.0 Å². The highest BCUT2D eigenvalue weighted by Gasteiger charge is 2.16. The van der Waals surface area contributed by atoms with Crippen LogP contribution in [0.1, 0.15) is 42.7 Å². The molecule has 0 aliphatic carbocycles. The lowest BCUT2D eigenvalue weighted by molar-refractivity contribution is 0.0941. The molecule has 132 valence electrons. The number of carbonyl (C=O) groups excluding carboxylic acids is 2. The molecule has 0 saturated carbocycles. The van der Waals surface area contributed by atoms with Gasteiger partial charge in [0, 0.05) is 11.1 Å². The first-order valence-corrected chi connectivity index (χ1v) is 8.47. The number of para-hydroxylation sites is 1. The summed E-state index contributed by atoms with van der Waals surface area (Å²) in [7, 11) is 0. The van der Waals surface area contributed by atoms with Crippen LogP contribution in [0, 0.1) is 0 Å². The molecular formula is C19H22ClN3O2. The first kappa shape index (κ1) is 18.8. The Hall–Kier alpha value is -2.53. The standard InChI is InChI=1S/C19H22ClN3O2/c1-12(2)21-19(25)23-17-10-5-4-9-16(17)18(24)22-13(3)14-7-6-8-15(20)11-14/h4-13H,1-3H3,(H,22,24)(H2,21,23,25). The van der Waals surface area contributed by atoms with Gasteiger partial charge < -0.3 is 16.0 Å². The molecule has 0 saturated heterocycles. The summed E-state index contributed by atoms with van der Waals surface area (Å²) in [4.78, 5) is 24.5. The van der Waals surface area contributed by atoms with E-state index in [1.54, 1.807) is 30.3 Å². The first-order chi connectivity index (χ1) is 11.9. The number of hydrogen-bond donors (Lipinski definition) is 3. The van der Waals surface area contributed by atoms with Crippen LogP contribution in [0.15, 0.2) is 48.5 Å². The SMILES string of the molecule is CC(C)NC(=O)Nc1ccccc1C(=O)NC(C)c1cccc(Cl)c1. The maximum Gasteiger partial charge on any atom is 0.319 e. The van der Waals surface area contributed by atoms with E-state index >= 15 is 0 Å². The topological polar surface area (TPSA) is 70.2 Å². The van der Waals surface area contributed by atoms with Gasteiger partial charge in [-0.3, -0.25) is 4.79 Å². The summed E-state index contributed by atoms with van der Waals surface area (Å²) in [5.74, 6) is -0.270. The molecule has 5 nitrogen and oxygen atoms in total. The zero-order valence-corrected chi connectivity index (χ0v) is 15.2. The number of halogens is 1. The molecule has 1 atom stereocenters. The third-order valence-electron chi connectivity index (χ3n) is 3.54. The Morgan fingerprint density at radius 2 is 1.68 bits per heavy atom. The second kappa shape index (κ2) is 8.53. The third-order valence-corrected chi connectivity index (χ3v) is 3.77. The molecule has 0 aromatic heterocycles. The normalized spacial score (nSPS) is 11.7. The Balaban J connectivity index is 2.12. The zero-order valence-electron chi connectivity index (χ0n) is 14.5. The van der Waals surface area contributed by atoms with E-state index in [0.717, 1.165) is 5.56 Å². The maximum absolute atomic E-state index is 12.6. The van der Waals surface area contributed by atoms with Crippen molar-refractivity contribution in [3.05, 3.63) is 64.7 Å². The van der Waals surface area contributed by atoms with E-state index in [2.05, 4.69) is 16.0 Å². The van der Waals surface area contributed by atoms with Crippen molar-refractivity contribution in [3.63, 3.8) is 0 Å². The summed E-state index contributed by atoms with van der Waals surface area (Å²) in [5, 5.41) is 8.99. The van der Waals surface area contributed by atoms with Gasteiger partial charge in [0.2, 0.25) is 0 Å². The van der Waals surface area contributed by atoms with Crippen LogP contribution < -0.4 is 16.0 Å². The predicted octanol–water partition coefficient (Wildman–Crippen LogP) is 4.36. The molecule has 0 aliphatic rings. The molecular weight excluding hydrogens is 338 g/mol. The maximum atomic E-state index is 12.6. The van der Waals surface area contributed by atoms with Crippen molar-refractivity contribution in [2.24, 2.45) is 0 Å². The number of anilines is 1. The van der Waals surface area contributed by atoms with Crippen molar-refractivity contribution in [3.8, 4) is 0 Å². The number of benzene rings is 2. The van der Waals surface area contributed by atoms with Gasteiger partial charge in [0.05, 0.1) is 17.3 Å². The van der Waals surface area contributed by atoms with Gasteiger partial charge in [-0.25, -0.2) is 4.79 Å². The lowest BCUT2D eigenvalue weighted by Crippen LogP contribution is -2.35. The quantitative estimate of drug-likeness (QED) is 0.742. The highest BCUT2D eigenvalue weighted by atomic mass is 35.5. The average molecular weight is 360 g/mol. The lowest BCUT2D eigenvalue weighted by atomic mass is 10.1. The van der Waals surface area contributed by atoms with Gasteiger partial charge >= 0.3 is 6.03 Å². The van der Waals surface area contributed by atoms with Crippen molar-refractivity contribution in [1.29, 1.82) is 0 Å². The molecule has 0 spiro atoms. The monoisotopic (exact) mass is 359 g/mol. The van der Waals surface area contributed by atoms with Crippen molar-refractivity contribution >= 4 is 29.2 Å². The molecule has 1 unspecified atom stereocenters. The van der Waals surface area contributed by atoms with Gasteiger partial charge in [0.25, 0.3) is 5.91 Å². The van der Waals surface area contributed by atoms with Gasteiger partial charge in [-0.1, -0.05) is 35.9 Å². The van der Waals surface area contributed by atoms with E-state index < -0.39 is 0 Å². The number of hydrogen-bond acceptors (Lipinski definition) is 2. The molecule has 25 heavy (non-hydrogen) atoms. The Labute approximate surface area is 152 Å². The van der Waals surface area contributed by atoms with Crippen LogP contribution in [0.25, 0.3) is 0 Å². The van der Waals surface area contributed by atoms with Gasteiger partial charge in [-0.05, 0) is 50.6 Å². The summed E-state index contributed by atoms with van der Waals surface area (Å²) in [6, 6.07) is 13.7. The highest BCUT2D eigenvalue weighted by molar-refractivity contribution is 6.30. The van der Waals surface area contributed by atoms with Crippen molar-refractivity contribution < 1.29 is 9.59 Å². The Bertz CT molecular complexity index is 762. The number of nitrogens with one attached hydrogen (secondary N) is 3. The molecule has 2 aromatic rings. The largest absolute Gasteiger partial charge is 0.345 e. The Kier molecular flexibility index (Phi) is 6.42. The summed E-state index contributed by atoms with van der Waals surface area (Å²) < 4.78 is 0. The molecule has 2 rings (SSSR count). The fourth-order valence-corrected chi connectivity index (χ4v) is 2.54. The molecule has 0 aliphatic heterocycles. The fourth-order valence-electron chi connectivity index (χ4n) is 2.34. The van der Waals surface area contributed by atoms with E-state index in [9.17, 15) is 9.59 Å². The minimum absolute atomic E-state index is 0.00356. The first-order valence-electron chi connectivity index (χ1n) is 8.09. The lowest BCUT2D eigenvalue weighted by Gasteiger charge is -2.17. The second-order valence-corrected chi connectivity index (χ2v) is 6.49. The fraction of sp³-hybridized carbons (Fsp3) is 0.263. The molecule has 0 radical (unpaired) electrons. The minimum Gasteiger partial charge on any atom is -0.345 e. The van der Waals surface area contributed by atoms with Crippen LogP contribution in [0.4, 0.5) is 10.5 Å². The van der Waals surface area contributed by atoms with Crippen LogP contribution in [0.5, 0.6) is 0 Å². The van der Waals surface area contributed by atoms with Gasteiger partial charge in [0.1, 0.15) is 0 Å². The Morgan fingerprint density at radius 3 is 2.36 bits per heavy atom. The van der Waals surface area contributed by atoms with Crippen LogP contribution in [0.2, 0.25) is 5.02 Å². The van der Waals surface area contributed by atoms with Crippen LogP contribution >= 0.6 is 11.6 Å². The van der Waals surface area contributed by atoms with Crippen LogP contribution in [-0.2, 0) is 0 Å². The van der Waals surface area contributed by atoms with E-state index in [1.165, 1.54) is 0 Å². The smallest absolute Gasteiger partial charge is 0.319 e. The van der Waals surface area contributed by atoms with E-state index in [4.69, 9.17) is 11.6 Å². The van der Waals surface area contributed by atoms with Crippen LogP contribution in [0.3, 0.4) is 0 Å². The number of urea groups is 1. The van der Waals surface area contributed by atoms with Crippen LogP contribution in [-0.4, -0.2) is 18.0 Å². The Morgan fingerprint density at radius 1 is 0.960 bits per heavy atom. The summed E-state index contributed by atoms with van der Waals surface area (Å²) in [6.45, 7) is 5.61. The van der Waals surface area contributed by atoms with Gasteiger partial charge in [-0.15, -0.1) is 0 Å². The highest BCUT2D eigenvalue weighted by Crippen LogP contribution is 2.20.